The van der Waals surface area contributed by atoms with E-state index in [4.69, 9.17) is 21.7 Å². The highest BCUT2D eigenvalue weighted by atomic mass is 32.1. The van der Waals surface area contributed by atoms with Crippen molar-refractivity contribution in [3.05, 3.63) is 29.8 Å². The van der Waals surface area contributed by atoms with Gasteiger partial charge in [-0.3, -0.25) is 4.90 Å². The molecular formula is C13H17NO2S. The lowest BCUT2D eigenvalue weighted by molar-refractivity contribution is 0.0455. The summed E-state index contributed by atoms with van der Waals surface area (Å²) in [4.78, 5) is 3.31. The minimum atomic E-state index is 0.811. The number of hydrogen-bond acceptors (Lipinski definition) is 4. The van der Waals surface area contributed by atoms with Gasteiger partial charge in [0.2, 0.25) is 0 Å². The lowest BCUT2D eigenvalue weighted by Crippen LogP contribution is -2.39. The van der Waals surface area contributed by atoms with Gasteiger partial charge in [0.1, 0.15) is 5.75 Å². The van der Waals surface area contributed by atoms with Gasteiger partial charge in [0, 0.05) is 24.5 Å². The standard InChI is InChI=1S/C13H17NO2S/c1-15-12-4-2-11(3-5-12)13(17)10-14-6-8-16-9-7-14/h2-5H,6-10H2,1H3. The van der Waals surface area contributed by atoms with Crippen molar-refractivity contribution in [2.24, 2.45) is 0 Å². The van der Waals surface area contributed by atoms with E-state index < -0.39 is 0 Å². The summed E-state index contributed by atoms with van der Waals surface area (Å²) in [5.74, 6) is 0.864. The molecule has 1 saturated heterocycles. The van der Waals surface area contributed by atoms with Gasteiger partial charge in [-0.25, -0.2) is 0 Å². The van der Waals surface area contributed by atoms with Crippen LogP contribution in [0, 0.1) is 0 Å². The molecule has 17 heavy (non-hydrogen) atoms. The number of nitrogens with zero attached hydrogens (tertiary/aromatic N) is 1. The Kier molecular flexibility index (Phi) is 4.48. The Hall–Kier alpha value is -0.970. The second kappa shape index (κ2) is 6.10. The third-order valence-corrected chi connectivity index (χ3v) is 3.25. The zero-order chi connectivity index (χ0) is 12.1. The van der Waals surface area contributed by atoms with E-state index >= 15 is 0 Å². The molecule has 1 heterocycles. The molecular weight excluding hydrogens is 234 g/mol. The third kappa shape index (κ3) is 3.49. The van der Waals surface area contributed by atoms with Gasteiger partial charge in [-0.05, 0) is 17.7 Å². The average molecular weight is 251 g/mol. The van der Waals surface area contributed by atoms with Crippen LogP contribution in [0.1, 0.15) is 5.56 Å². The zero-order valence-electron chi connectivity index (χ0n) is 10.0. The molecule has 4 heteroatoms. The number of rotatable bonds is 4. The number of morpholine rings is 1. The Morgan fingerprint density at radius 3 is 2.53 bits per heavy atom. The van der Waals surface area contributed by atoms with Gasteiger partial charge in [0.05, 0.1) is 20.3 Å². The van der Waals surface area contributed by atoms with Crippen LogP contribution in [0.15, 0.2) is 24.3 Å². The van der Waals surface area contributed by atoms with Crippen molar-refractivity contribution in [3.8, 4) is 5.75 Å². The van der Waals surface area contributed by atoms with Crippen LogP contribution in [-0.2, 0) is 4.74 Å². The first-order valence-electron chi connectivity index (χ1n) is 5.77. The summed E-state index contributed by atoms with van der Waals surface area (Å²) in [5, 5.41) is 0. The molecule has 3 nitrogen and oxygen atoms in total. The number of ether oxygens (including phenoxy) is 2. The van der Waals surface area contributed by atoms with Gasteiger partial charge >= 0.3 is 0 Å². The van der Waals surface area contributed by atoms with E-state index in [1.54, 1.807) is 7.11 Å². The van der Waals surface area contributed by atoms with Crippen molar-refractivity contribution < 1.29 is 9.47 Å². The van der Waals surface area contributed by atoms with Crippen LogP contribution in [0.4, 0.5) is 0 Å². The number of benzene rings is 1. The lowest BCUT2D eigenvalue weighted by atomic mass is 10.1. The zero-order valence-corrected chi connectivity index (χ0v) is 10.8. The predicted molar refractivity (Wildman–Crippen MR) is 72.0 cm³/mol. The van der Waals surface area contributed by atoms with Crippen molar-refractivity contribution >= 4 is 17.1 Å². The first kappa shape index (κ1) is 12.5. The van der Waals surface area contributed by atoms with Gasteiger partial charge in [0.15, 0.2) is 0 Å². The maximum absolute atomic E-state index is 5.46. The molecule has 92 valence electrons. The first-order chi connectivity index (χ1) is 8.29. The highest BCUT2D eigenvalue weighted by molar-refractivity contribution is 7.80. The quantitative estimate of drug-likeness (QED) is 0.600. The van der Waals surface area contributed by atoms with Crippen LogP contribution in [-0.4, -0.2) is 49.7 Å². The van der Waals surface area contributed by atoms with E-state index in [1.807, 2.05) is 24.3 Å². The minimum absolute atomic E-state index is 0.811. The summed E-state index contributed by atoms with van der Waals surface area (Å²) in [7, 11) is 1.67. The van der Waals surface area contributed by atoms with E-state index in [0.29, 0.717) is 0 Å². The maximum Gasteiger partial charge on any atom is 0.118 e. The Labute approximate surface area is 107 Å². The average Bonchev–Trinajstić information content (AvgIpc) is 2.40. The Bertz CT molecular complexity index is 372. The van der Waals surface area contributed by atoms with Crippen molar-refractivity contribution in [2.75, 3.05) is 40.0 Å². The molecule has 0 spiro atoms. The summed E-state index contributed by atoms with van der Waals surface area (Å²) in [6, 6.07) is 7.92. The predicted octanol–water partition coefficient (Wildman–Crippen LogP) is 1.75. The topological polar surface area (TPSA) is 21.7 Å². The summed E-state index contributed by atoms with van der Waals surface area (Å²) in [5.41, 5.74) is 1.10. The summed E-state index contributed by atoms with van der Waals surface area (Å²) in [6.45, 7) is 4.40. The van der Waals surface area contributed by atoms with E-state index in [1.165, 1.54) is 0 Å². The summed E-state index contributed by atoms with van der Waals surface area (Å²) in [6.07, 6.45) is 0. The number of hydrogen-bond donors (Lipinski definition) is 0. The van der Waals surface area contributed by atoms with Crippen LogP contribution in [0.25, 0.3) is 0 Å². The van der Waals surface area contributed by atoms with Crippen molar-refractivity contribution in [1.29, 1.82) is 0 Å². The van der Waals surface area contributed by atoms with Crippen molar-refractivity contribution in [1.82, 2.24) is 4.90 Å². The van der Waals surface area contributed by atoms with Gasteiger partial charge in [-0.2, -0.15) is 0 Å². The molecule has 1 fully saturated rings. The summed E-state index contributed by atoms with van der Waals surface area (Å²) >= 11 is 5.46. The van der Waals surface area contributed by atoms with Crippen LogP contribution >= 0.6 is 12.2 Å². The molecule has 2 rings (SSSR count). The highest BCUT2D eigenvalue weighted by Gasteiger charge is 2.12. The van der Waals surface area contributed by atoms with Crippen LogP contribution in [0.5, 0.6) is 5.75 Å². The van der Waals surface area contributed by atoms with Gasteiger partial charge in [-0.15, -0.1) is 0 Å². The molecule has 0 radical (unpaired) electrons. The fourth-order valence-electron chi connectivity index (χ4n) is 1.83. The molecule has 0 saturated carbocycles. The normalized spacial score (nSPS) is 16.8. The van der Waals surface area contributed by atoms with Crippen molar-refractivity contribution in [3.63, 3.8) is 0 Å². The monoisotopic (exact) mass is 251 g/mol. The van der Waals surface area contributed by atoms with E-state index in [-0.39, 0.29) is 0 Å². The second-order valence-corrected chi connectivity index (χ2v) is 4.53. The lowest BCUT2D eigenvalue weighted by Gasteiger charge is -2.26. The SMILES string of the molecule is COc1ccc(C(=S)CN2CCOCC2)cc1. The van der Waals surface area contributed by atoms with E-state index in [0.717, 1.165) is 49.0 Å². The van der Waals surface area contributed by atoms with Gasteiger partial charge in [-0.1, -0.05) is 24.4 Å². The minimum Gasteiger partial charge on any atom is -0.497 e. The number of methoxy groups -OCH3 is 1. The van der Waals surface area contributed by atoms with Gasteiger partial charge in [0.25, 0.3) is 0 Å². The molecule has 1 aliphatic rings. The molecule has 0 aliphatic carbocycles. The highest BCUT2D eigenvalue weighted by Crippen LogP contribution is 2.13. The molecule has 0 atom stereocenters. The van der Waals surface area contributed by atoms with E-state index in [9.17, 15) is 0 Å². The smallest absolute Gasteiger partial charge is 0.118 e. The second-order valence-electron chi connectivity index (χ2n) is 4.04. The molecule has 1 aromatic carbocycles. The fourth-order valence-corrected chi connectivity index (χ4v) is 2.15. The molecule has 0 N–H and O–H groups in total. The third-order valence-electron chi connectivity index (χ3n) is 2.88. The molecule has 1 aliphatic heterocycles. The van der Waals surface area contributed by atoms with Gasteiger partial charge < -0.3 is 9.47 Å². The number of thiocarbonyl (C=S) groups is 1. The molecule has 1 aromatic rings. The Morgan fingerprint density at radius 2 is 1.94 bits per heavy atom. The van der Waals surface area contributed by atoms with Crippen LogP contribution in [0.2, 0.25) is 0 Å². The largest absolute Gasteiger partial charge is 0.497 e. The van der Waals surface area contributed by atoms with Crippen LogP contribution < -0.4 is 4.74 Å². The summed E-state index contributed by atoms with van der Waals surface area (Å²) < 4.78 is 10.4. The van der Waals surface area contributed by atoms with Crippen LogP contribution in [0.3, 0.4) is 0 Å². The molecule has 0 aromatic heterocycles. The first-order valence-corrected chi connectivity index (χ1v) is 6.18. The Morgan fingerprint density at radius 1 is 1.29 bits per heavy atom. The Balaban J connectivity index is 1.93. The van der Waals surface area contributed by atoms with Crippen molar-refractivity contribution in [2.45, 2.75) is 0 Å². The maximum atomic E-state index is 5.46. The molecule has 0 amide bonds. The fraction of sp³-hybridized carbons (Fsp3) is 0.462. The molecule has 0 bridgehead atoms. The van der Waals surface area contributed by atoms with E-state index in [2.05, 4.69) is 4.90 Å². The molecule has 0 unspecified atom stereocenters.